The Hall–Kier alpha value is -2.38. The topological polar surface area (TPSA) is 92.8 Å². The van der Waals surface area contributed by atoms with E-state index in [1.165, 1.54) is 0 Å². The average molecular weight is 423 g/mol. The molecule has 9 heteroatoms. The van der Waals surface area contributed by atoms with Crippen LogP contribution in [0.2, 0.25) is 10.0 Å². The van der Waals surface area contributed by atoms with E-state index in [-0.39, 0.29) is 51.2 Å². The fourth-order valence-electron chi connectivity index (χ4n) is 4.23. The van der Waals surface area contributed by atoms with E-state index >= 15 is 0 Å². The minimum Gasteiger partial charge on any atom is -0.454 e. The van der Waals surface area contributed by atoms with Gasteiger partial charge in [0.25, 0.3) is 5.91 Å². The number of ether oxygens (including phenoxy) is 1. The molecule has 1 saturated carbocycles. The fraction of sp³-hybridized carbons (Fsp3) is 0.368. The van der Waals surface area contributed by atoms with Crippen LogP contribution in [0.4, 0.5) is 5.69 Å². The van der Waals surface area contributed by atoms with Gasteiger partial charge in [-0.15, -0.1) is 0 Å². The Kier molecular flexibility index (Phi) is 4.89. The third kappa shape index (κ3) is 3.18. The van der Waals surface area contributed by atoms with Gasteiger partial charge >= 0.3 is 5.97 Å². The molecule has 1 aromatic carbocycles. The van der Waals surface area contributed by atoms with Crippen LogP contribution in [-0.2, 0) is 23.9 Å². The number of allylic oxidation sites excluding steroid dienone is 2. The molecule has 0 aromatic heterocycles. The van der Waals surface area contributed by atoms with E-state index in [2.05, 4.69) is 5.32 Å². The van der Waals surface area contributed by atoms with Gasteiger partial charge in [0, 0.05) is 0 Å². The van der Waals surface area contributed by atoms with Gasteiger partial charge in [0.15, 0.2) is 6.61 Å². The number of nitrogens with one attached hydrogen (secondary N) is 1. The molecule has 1 aliphatic heterocycles. The molecule has 1 heterocycles. The Morgan fingerprint density at radius 2 is 1.75 bits per heavy atom. The summed E-state index contributed by atoms with van der Waals surface area (Å²) in [6.07, 6.45) is 4.77. The minimum atomic E-state index is -0.825. The largest absolute Gasteiger partial charge is 0.454 e. The highest BCUT2D eigenvalue weighted by atomic mass is 35.5. The molecule has 3 amide bonds. The van der Waals surface area contributed by atoms with Crippen LogP contribution in [0.5, 0.6) is 0 Å². The van der Waals surface area contributed by atoms with Crippen molar-refractivity contribution in [2.75, 3.05) is 18.5 Å². The van der Waals surface area contributed by atoms with Crippen LogP contribution in [0.25, 0.3) is 0 Å². The molecule has 2 bridgehead atoms. The van der Waals surface area contributed by atoms with Crippen LogP contribution in [0.1, 0.15) is 6.42 Å². The van der Waals surface area contributed by atoms with Gasteiger partial charge in [0.05, 0.1) is 27.6 Å². The van der Waals surface area contributed by atoms with E-state index in [0.29, 0.717) is 0 Å². The van der Waals surface area contributed by atoms with Gasteiger partial charge in [-0.2, -0.15) is 0 Å². The number of nitrogens with zero attached hydrogens (tertiary/aromatic N) is 1. The Balaban J connectivity index is 1.30. The Morgan fingerprint density at radius 3 is 2.39 bits per heavy atom. The highest BCUT2D eigenvalue weighted by Crippen LogP contribution is 2.52. The zero-order chi connectivity index (χ0) is 20.0. The molecule has 1 aromatic rings. The van der Waals surface area contributed by atoms with Gasteiger partial charge in [0.2, 0.25) is 11.8 Å². The van der Waals surface area contributed by atoms with E-state index in [1.54, 1.807) is 18.2 Å². The number of imide groups is 1. The van der Waals surface area contributed by atoms with Gasteiger partial charge in [0.1, 0.15) is 6.54 Å². The van der Waals surface area contributed by atoms with Gasteiger partial charge < -0.3 is 10.1 Å². The number of hydrogen-bond acceptors (Lipinski definition) is 5. The molecule has 28 heavy (non-hydrogen) atoms. The normalized spacial score (nSPS) is 27.3. The first kappa shape index (κ1) is 19.0. The number of hydrogen-bond donors (Lipinski definition) is 1. The van der Waals surface area contributed by atoms with Crippen molar-refractivity contribution >= 4 is 52.6 Å². The molecule has 7 nitrogen and oxygen atoms in total. The maximum absolute atomic E-state index is 12.5. The number of carbonyl (C=O) groups is 4. The summed E-state index contributed by atoms with van der Waals surface area (Å²) in [6.45, 7) is -1.06. The number of fused-ring (bicyclic) bond motifs is 5. The fourth-order valence-corrected chi connectivity index (χ4v) is 4.58. The maximum atomic E-state index is 12.5. The standard InChI is InChI=1S/C19H16Cl2N2O5/c20-11-2-1-3-12(17(11)21)22-13(24)8-28-14(25)7-23-18(26)15-9-4-5-10(6-9)16(15)19(23)27/h1-5,9-10,15-16H,6-8H2,(H,22,24)/t9-,10-,15-,16-/m0/s1. The quantitative estimate of drug-likeness (QED) is 0.446. The van der Waals surface area contributed by atoms with Crippen LogP contribution in [-0.4, -0.2) is 41.7 Å². The molecule has 0 spiro atoms. The van der Waals surface area contributed by atoms with E-state index in [1.807, 2.05) is 12.2 Å². The number of anilines is 1. The van der Waals surface area contributed by atoms with Gasteiger partial charge in [-0.3, -0.25) is 24.1 Å². The van der Waals surface area contributed by atoms with Crippen molar-refractivity contribution in [1.29, 1.82) is 0 Å². The van der Waals surface area contributed by atoms with Crippen LogP contribution in [0.15, 0.2) is 30.4 Å². The predicted octanol–water partition coefficient (Wildman–Crippen LogP) is 2.28. The van der Waals surface area contributed by atoms with Crippen molar-refractivity contribution in [3.8, 4) is 0 Å². The highest BCUT2D eigenvalue weighted by molar-refractivity contribution is 6.44. The number of rotatable bonds is 5. The molecular weight excluding hydrogens is 407 g/mol. The molecule has 1 saturated heterocycles. The summed E-state index contributed by atoms with van der Waals surface area (Å²) < 4.78 is 4.91. The summed E-state index contributed by atoms with van der Waals surface area (Å²) in [5, 5.41) is 2.93. The maximum Gasteiger partial charge on any atom is 0.326 e. The number of esters is 1. The molecule has 4 rings (SSSR count). The molecular formula is C19H16Cl2N2O5. The molecule has 0 radical (unpaired) electrons. The van der Waals surface area contributed by atoms with E-state index < -0.39 is 25.0 Å². The summed E-state index contributed by atoms with van der Waals surface area (Å²) in [4.78, 5) is 50.0. The Labute approximate surface area is 170 Å². The minimum absolute atomic E-state index is 0.0701. The molecule has 2 aliphatic carbocycles. The van der Waals surface area contributed by atoms with Crippen LogP contribution >= 0.6 is 23.2 Å². The molecule has 1 N–H and O–H groups in total. The molecule has 4 atom stereocenters. The second-order valence-corrected chi connectivity index (χ2v) is 7.86. The first-order valence-corrected chi connectivity index (χ1v) is 9.55. The lowest BCUT2D eigenvalue weighted by Gasteiger charge is -2.16. The van der Waals surface area contributed by atoms with Crippen molar-refractivity contribution in [3.63, 3.8) is 0 Å². The molecule has 2 fully saturated rings. The lowest BCUT2D eigenvalue weighted by atomic mass is 9.85. The van der Waals surface area contributed by atoms with Crippen molar-refractivity contribution in [2.45, 2.75) is 6.42 Å². The zero-order valence-corrected chi connectivity index (χ0v) is 16.1. The SMILES string of the molecule is O=C(COC(=O)CN1C(=O)[C@@H]2[C@@H](C1=O)[C@H]1C=C[C@H]2C1)Nc1cccc(Cl)c1Cl. The summed E-state index contributed by atoms with van der Waals surface area (Å²) in [7, 11) is 0. The van der Waals surface area contributed by atoms with Crippen LogP contribution < -0.4 is 5.32 Å². The number of benzene rings is 1. The second kappa shape index (κ2) is 7.22. The van der Waals surface area contributed by atoms with Crippen molar-refractivity contribution < 1.29 is 23.9 Å². The number of likely N-dealkylation sites (tertiary alicyclic amines) is 1. The first-order valence-electron chi connectivity index (χ1n) is 8.80. The summed E-state index contributed by atoms with van der Waals surface area (Å²) in [5.74, 6) is -2.71. The van der Waals surface area contributed by atoms with Gasteiger partial charge in [-0.25, -0.2) is 0 Å². The number of carbonyl (C=O) groups excluding carboxylic acids is 4. The smallest absolute Gasteiger partial charge is 0.326 e. The Morgan fingerprint density at radius 1 is 1.11 bits per heavy atom. The first-order chi connectivity index (χ1) is 13.4. The molecule has 146 valence electrons. The van der Waals surface area contributed by atoms with Crippen LogP contribution in [0.3, 0.4) is 0 Å². The van der Waals surface area contributed by atoms with E-state index in [4.69, 9.17) is 27.9 Å². The zero-order valence-electron chi connectivity index (χ0n) is 14.6. The van der Waals surface area contributed by atoms with Crippen LogP contribution in [0, 0.1) is 23.7 Å². The van der Waals surface area contributed by atoms with E-state index in [0.717, 1.165) is 11.3 Å². The second-order valence-electron chi connectivity index (χ2n) is 7.07. The highest BCUT2D eigenvalue weighted by Gasteiger charge is 2.59. The third-order valence-corrected chi connectivity index (χ3v) is 6.26. The third-order valence-electron chi connectivity index (χ3n) is 5.44. The average Bonchev–Trinajstić information content (AvgIpc) is 3.34. The molecule has 3 aliphatic rings. The predicted molar refractivity (Wildman–Crippen MR) is 100 cm³/mol. The van der Waals surface area contributed by atoms with Crippen molar-refractivity contribution in [2.24, 2.45) is 23.7 Å². The Bertz CT molecular complexity index is 886. The number of halogens is 2. The monoisotopic (exact) mass is 422 g/mol. The summed E-state index contributed by atoms with van der Waals surface area (Å²) >= 11 is 11.8. The van der Waals surface area contributed by atoms with E-state index in [9.17, 15) is 19.2 Å². The van der Waals surface area contributed by atoms with Crippen molar-refractivity contribution in [3.05, 3.63) is 40.4 Å². The summed E-state index contributed by atoms with van der Waals surface area (Å²) in [6, 6.07) is 4.73. The molecule has 0 unspecified atom stereocenters. The van der Waals surface area contributed by atoms with Gasteiger partial charge in [-0.1, -0.05) is 41.4 Å². The van der Waals surface area contributed by atoms with Crippen molar-refractivity contribution in [1.82, 2.24) is 4.90 Å². The summed E-state index contributed by atoms with van der Waals surface area (Å²) in [5.41, 5.74) is 0.288. The lowest BCUT2D eigenvalue weighted by Crippen LogP contribution is -2.38. The van der Waals surface area contributed by atoms with Gasteiger partial charge in [-0.05, 0) is 30.4 Å². The number of amides is 3. The lowest BCUT2D eigenvalue weighted by molar-refractivity contribution is -0.154.